The van der Waals surface area contributed by atoms with Crippen molar-refractivity contribution >= 4 is 23.2 Å². The van der Waals surface area contributed by atoms with Gasteiger partial charge in [0.2, 0.25) is 0 Å². The Kier molecular flexibility index (Phi) is 6.13. The molecule has 0 saturated carbocycles. The highest BCUT2D eigenvalue weighted by atomic mass is 35.5. The van der Waals surface area contributed by atoms with Crippen LogP contribution in [0.2, 0.25) is 10.0 Å². The van der Waals surface area contributed by atoms with E-state index in [0.717, 1.165) is 43.8 Å². The average molecular weight is 403 g/mol. The highest BCUT2D eigenvalue weighted by Crippen LogP contribution is 2.38. The lowest BCUT2D eigenvalue weighted by atomic mass is 9.95. The van der Waals surface area contributed by atoms with Crippen molar-refractivity contribution in [2.45, 2.75) is 18.6 Å². The first-order valence-electron chi connectivity index (χ1n) is 8.43. The van der Waals surface area contributed by atoms with E-state index in [1.54, 1.807) is 12.1 Å². The van der Waals surface area contributed by atoms with E-state index in [-0.39, 0.29) is 6.04 Å². The van der Waals surface area contributed by atoms with Crippen LogP contribution in [-0.4, -0.2) is 31.1 Å². The number of nitrogens with zero attached hydrogens (tertiary/aromatic N) is 1. The molecule has 1 saturated heterocycles. The predicted molar refractivity (Wildman–Crippen MR) is 98.8 cm³/mol. The Morgan fingerprint density at radius 3 is 2.54 bits per heavy atom. The third kappa shape index (κ3) is 4.52. The molecular weight excluding hydrogens is 384 g/mol. The van der Waals surface area contributed by atoms with E-state index in [4.69, 9.17) is 23.2 Å². The minimum absolute atomic E-state index is 0.320. The minimum atomic E-state index is -4.42. The van der Waals surface area contributed by atoms with Crippen LogP contribution in [0.1, 0.15) is 29.2 Å². The zero-order valence-electron chi connectivity index (χ0n) is 14.0. The number of hydrogen-bond acceptors (Lipinski definition) is 2. The summed E-state index contributed by atoms with van der Waals surface area (Å²) in [6.45, 7) is 3.13. The molecule has 0 radical (unpaired) electrons. The van der Waals surface area contributed by atoms with E-state index in [1.807, 2.05) is 12.1 Å². The van der Waals surface area contributed by atoms with E-state index < -0.39 is 11.7 Å². The third-order valence-electron chi connectivity index (χ3n) is 4.52. The molecule has 0 amide bonds. The van der Waals surface area contributed by atoms with Crippen molar-refractivity contribution in [3.8, 4) is 0 Å². The second-order valence-electron chi connectivity index (χ2n) is 6.33. The zero-order valence-corrected chi connectivity index (χ0v) is 15.5. The van der Waals surface area contributed by atoms with Crippen LogP contribution < -0.4 is 5.32 Å². The fourth-order valence-electron chi connectivity index (χ4n) is 3.32. The van der Waals surface area contributed by atoms with Gasteiger partial charge in [0.05, 0.1) is 11.6 Å². The molecule has 0 aliphatic carbocycles. The number of alkyl halides is 3. The van der Waals surface area contributed by atoms with Crippen LogP contribution >= 0.6 is 23.2 Å². The van der Waals surface area contributed by atoms with Crippen LogP contribution in [0, 0.1) is 0 Å². The molecule has 140 valence electrons. The summed E-state index contributed by atoms with van der Waals surface area (Å²) in [7, 11) is 0. The Morgan fingerprint density at radius 1 is 1.00 bits per heavy atom. The normalized spacial score (nSPS) is 17.7. The Hall–Kier alpha value is -1.27. The second kappa shape index (κ2) is 8.17. The molecule has 2 nitrogen and oxygen atoms in total. The van der Waals surface area contributed by atoms with Gasteiger partial charge in [0.15, 0.2) is 0 Å². The molecule has 0 bridgehead atoms. The molecule has 1 heterocycles. The summed E-state index contributed by atoms with van der Waals surface area (Å²) in [4.78, 5) is 2.16. The van der Waals surface area contributed by atoms with Crippen molar-refractivity contribution in [2.75, 3.05) is 26.2 Å². The number of rotatable bonds is 3. The summed E-state index contributed by atoms with van der Waals surface area (Å²) in [5.41, 5.74) is 0.586. The van der Waals surface area contributed by atoms with Gasteiger partial charge < -0.3 is 5.32 Å². The predicted octanol–water partition coefficient (Wildman–Crippen LogP) is 5.40. The van der Waals surface area contributed by atoms with Gasteiger partial charge in [-0.25, -0.2) is 0 Å². The first kappa shape index (κ1) is 19.5. The summed E-state index contributed by atoms with van der Waals surface area (Å²) in [6.07, 6.45) is -3.51. The van der Waals surface area contributed by atoms with Crippen molar-refractivity contribution in [3.63, 3.8) is 0 Å². The first-order chi connectivity index (χ1) is 12.4. The Morgan fingerprint density at radius 2 is 1.81 bits per heavy atom. The van der Waals surface area contributed by atoms with Gasteiger partial charge in [0.1, 0.15) is 0 Å². The quantitative estimate of drug-likeness (QED) is 0.739. The van der Waals surface area contributed by atoms with E-state index in [1.165, 1.54) is 6.07 Å². The second-order valence-corrected chi connectivity index (χ2v) is 7.17. The SMILES string of the molecule is FC(F)(F)c1ccc(Cl)c(C(c2cccc(Cl)c2)N2CCCNCC2)c1. The highest BCUT2D eigenvalue weighted by Gasteiger charge is 2.33. The molecule has 26 heavy (non-hydrogen) atoms. The van der Waals surface area contributed by atoms with Crippen LogP contribution in [0.5, 0.6) is 0 Å². The van der Waals surface area contributed by atoms with Gasteiger partial charge in [-0.2, -0.15) is 13.2 Å². The standard InChI is InChI=1S/C19H19Cl2F3N2/c20-15-4-1-3-13(11-15)18(26-9-2-7-25-8-10-26)16-12-14(19(22,23)24)5-6-17(16)21/h1,3-6,11-12,18,25H,2,7-10H2. The molecule has 1 atom stereocenters. The van der Waals surface area contributed by atoms with Gasteiger partial charge in [-0.3, -0.25) is 4.90 Å². The fraction of sp³-hybridized carbons (Fsp3) is 0.368. The number of halogens is 5. The van der Waals surface area contributed by atoms with Gasteiger partial charge in [0.25, 0.3) is 0 Å². The lowest BCUT2D eigenvalue weighted by molar-refractivity contribution is -0.137. The van der Waals surface area contributed by atoms with Gasteiger partial charge in [-0.05, 0) is 54.4 Å². The molecular formula is C19H19Cl2F3N2. The smallest absolute Gasteiger partial charge is 0.315 e. The van der Waals surface area contributed by atoms with E-state index in [9.17, 15) is 13.2 Å². The van der Waals surface area contributed by atoms with Crippen molar-refractivity contribution in [2.24, 2.45) is 0 Å². The summed E-state index contributed by atoms with van der Waals surface area (Å²) < 4.78 is 39.7. The van der Waals surface area contributed by atoms with Gasteiger partial charge >= 0.3 is 6.18 Å². The number of hydrogen-bond donors (Lipinski definition) is 1. The van der Waals surface area contributed by atoms with Crippen LogP contribution in [-0.2, 0) is 6.18 Å². The molecule has 7 heteroatoms. The minimum Gasteiger partial charge on any atom is -0.315 e. The molecule has 0 aromatic heterocycles. The molecule has 1 N–H and O–H groups in total. The maximum Gasteiger partial charge on any atom is 0.416 e. The lowest BCUT2D eigenvalue weighted by Crippen LogP contribution is -2.33. The number of benzene rings is 2. The maximum atomic E-state index is 13.2. The summed E-state index contributed by atoms with van der Waals surface area (Å²) in [6, 6.07) is 10.3. The molecule has 2 aromatic rings. The van der Waals surface area contributed by atoms with Gasteiger partial charge in [-0.1, -0.05) is 35.3 Å². The topological polar surface area (TPSA) is 15.3 Å². The van der Waals surface area contributed by atoms with Gasteiger partial charge in [-0.15, -0.1) is 0 Å². The average Bonchev–Trinajstić information content (AvgIpc) is 2.85. The lowest BCUT2D eigenvalue weighted by Gasteiger charge is -2.32. The van der Waals surface area contributed by atoms with Crippen molar-refractivity contribution in [1.29, 1.82) is 0 Å². The fourth-order valence-corrected chi connectivity index (χ4v) is 3.74. The van der Waals surface area contributed by atoms with Crippen molar-refractivity contribution in [3.05, 3.63) is 69.2 Å². The van der Waals surface area contributed by atoms with E-state index >= 15 is 0 Å². The van der Waals surface area contributed by atoms with Crippen molar-refractivity contribution < 1.29 is 13.2 Å². The van der Waals surface area contributed by atoms with Gasteiger partial charge in [0, 0.05) is 29.7 Å². The van der Waals surface area contributed by atoms with Crippen LogP contribution in [0.3, 0.4) is 0 Å². The Bertz CT molecular complexity index is 757. The number of nitrogens with one attached hydrogen (secondary N) is 1. The van der Waals surface area contributed by atoms with Crippen LogP contribution in [0.25, 0.3) is 0 Å². The van der Waals surface area contributed by atoms with E-state index in [0.29, 0.717) is 22.2 Å². The molecule has 2 aromatic carbocycles. The molecule has 1 aliphatic heterocycles. The Balaban J connectivity index is 2.11. The highest BCUT2D eigenvalue weighted by molar-refractivity contribution is 6.31. The third-order valence-corrected chi connectivity index (χ3v) is 5.10. The molecule has 3 rings (SSSR count). The molecule has 1 fully saturated rings. The maximum absolute atomic E-state index is 13.2. The van der Waals surface area contributed by atoms with E-state index in [2.05, 4.69) is 10.2 Å². The monoisotopic (exact) mass is 402 g/mol. The molecule has 1 aliphatic rings. The largest absolute Gasteiger partial charge is 0.416 e. The molecule has 1 unspecified atom stereocenters. The first-order valence-corrected chi connectivity index (χ1v) is 9.19. The Labute approximate surface area is 160 Å². The summed E-state index contributed by atoms with van der Waals surface area (Å²) in [5, 5.41) is 4.18. The summed E-state index contributed by atoms with van der Waals surface area (Å²) >= 11 is 12.5. The molecule has 0 spiro atoms. The summed E-state index contributed by atoms with van der Waals surface area (Å²) in [5.74, 6) is 0. The zero-order chi connectivity index (χ0) is 18.7. The van der Waals surface area contributed by atoms with Crippen LogP contribution in [0.4, 0.5) is 13.2 Å². The van der Waals surface area contributed by atoms with Crippen molar-refractivity contribution in [1.82, 2.24) is 10.2 Å². The van der Waals surface area contributed by atoms with Crippen LogP contribution in [0.15, 0.2) is 42.5 Å².